The molecule has 0 aromatic heterocycles. The van der Waals surface area contributed by atoms with Gasteiger partial charge < -0.3 is 4.74 Å². The van der Waals surface area contributed by atoms with Crippen molar-refractivity contribution in [2.75, 3.05) is 19.6 Å². The van der Waals surface area contributed by atoms with Crippen molar-refractivity contribution < 1.29 is 14.3 Å². The second-order valence-electron chi connectivity index (χ2n) is 5.26. The smallest absolute Gasteiger partial charge is 0.376 e. The Morgan fingerprint density at radius 3 is 2.19 bits per heavy atom. The van der Waals surface area contributed by atoms with Crippen LogP contribution in [0.15, 0.2) is 0 Å². The van der Waals surface area contributed by atoms with Crippen LogP contribution in [0.5, 0.6) is 0 Å². The molecule has 0 N–H and O–H groups in total. The molecule has 0 aliphatic carbocycles. The molecule has 0 aromatic carbocycles. The molecule has 0 atom stereocenters. The number of nitrogens with zero attached hydrogens (tertiary/aromatic N) is 1. The number of Topliss-reactive ketones (excluding diaryl/α,β-unsaturated/α-hetero) is 1. The van der Waals surface area contributed by atoms with Crippen LogP contribution in [0.1, 0.15) is 40.0 Å². The molecule has 4 nitrogen and oxygen atoms in total. The lowest BCUT2D eigenvalue weighted by molar-refractivity contribution is -0.162. The summed E-state index contributed by atoms with van der Waals surface area (Å²) in [6.45, 7) is 7.31. The maximum Gasteiger partial charge on any atom is 0.376 e. The van der Waals surface area contributed by atoms with E-state index in [1.54, 1.807) is 20.8 Å². The quantitative estimate of drug-likeness (QED) is 0.540. The highest BCUT2D eigenvalue weighted by Gasteiger charge is 2.24. The van der Waals surface area contributed by atoms with Crippen molar-refractivity contribution in [1.82, 2.24) is 4.90 Å². The van der Waals surface area contributed by atoms with Crippen LogP contribution in [0.2, 0.25) is 0 Å². The summed E-state index contributed by atoms with van der Waals surface area (Å²) in [7, 11) is 0. The number of carbonyl (C=O) groups excluding carboxylic acids is 2. The number of likely N-dealkylation sites (tertiary alicyclic amines) is 1. The summed E-state index contributed by atoms with van der Waals surface area (Å²) in [6.07, 6.45) is 3.44. The van der Waals surface area contributed by atoms with Crippen LogP contribution in [0.4, 0.5) is 0 Å². The van der Waals surface area contributed by atoms with Gasteiger partial charge in [0, 0.05) is 0 Å². The number of ether oxygens (including phenoxy) is 1. The van der Waals surface area contributed by atoms with E-state index in [-0.39, 0.29) is 6.54 Å². The minimum atomic E-state index is -0.710. The molecule has 0 aromatic rings. The first-order chi connectivity index (χ1) is 7.38. The van der Waals surface area contributed by atoms with E-state index in [1.807, 2.05) is 4.90 Å². The molecule has 1 rings (SSSR count). The van der Waals surface area contributed by atoms with Crippen LogP contribution in [0.25, 0.3) is 0 Å². The molecule has 1 fully saturated rings. The zero-order valence-electron chi connectivity index (χ0n) is 10.4. The van der Waals surface area contributed by atoms with E-state index in [0.717, 1.165) is 25.9 Å². The number of rotatable bonds is 3. The number of hydrogen-bond donors (Lipinski definition) is 0. The predicted molar refractivity (Wildman–Crippen MR) is 61.1 cm³/mol. The molecule has 1 saturated heterocycles. The highest BCUT2D eigenvalue weighted by atomic mass is 16.6. The van der Waals surface area contributed by atoms with Crippen molar-refractivity contribution in [1.29, 1.82) is 0 Å². The van der Waals surface area contributed by atoms with Crippen molar-refractivity contribution in [2.45, 2.75) is 45.6 Å². The van der Waals surface area contributed by atoms with Gasteiger partial charge in [0.15, 0.2) is 0 Å². The van der Waals surface area contributed by atoms with E-state index in [9.17, 15) is 9.59 Å². The molecule has 0 spiro atoms. The Labute approximate surface area is 96.9 Å². The molecule has 0 radical (unpaired) electrons. The molecule has 0 saturated carbocycles. The maximum absolute atomic E-state index is 11.6. The molecule has 1 aliphatic heterocycles. The Hall–Kier alpha value is -0.900. The Kier molecular flexibility index (Phi) is 4.47. The Balaban J connectivity index is 2.36. The third kappa shape index (κ3) is 4.75. The summed E-state index contributed by atoms with van der Waals surface area (Å²) >= 11 is 0. The van der Waals surface area contributed by atoms with Crippen molar-refractivity contribution in [2.24, 2.45) is 0 Å². The summed E-state index contributed by atoms with van der Waals surface area (Å²) in [5.74, 6) is -1.14. The first-order valence-electron chi connectivity index (χ1n) is 5.87. The summed E-state index contributed by atoms with van der Waals surface area (Å²) in [5, 5.41) is 0. The van der Waals surface area contributed by atoms with Gasteiger partial charge in [0.2, 0.25) is 0 Å². The number of esters is 1. The lowest BCUT2D eigenvalue weighted by atomic mass is 10.1. The molecule has 4 heteroatoms. The fraction of sp³-hybridized carbons (Fsp3) is 0.833. The van der Waals surface area contributed by atoms with E-state index in [4.69, 9.17) is 4.74 Å². The minimum Gasteiger partial charge on any atom is -0.454 e. The third-order valence-corrected chi connectivity index (χ3v) is 2.44. The average Bonchev–Trinajstić information content (AvgIpc) is 2.16. The lowest BCUT2D eigenvalue weighted by Crippen LogP contribution is -2.39. The third-order valence-electron chi connectivity index (χ3n) is 2.44. The summed E-state index contributed by atoms with van der Waals surface area (Å²) in [5.41, 5.74) is -0.589. The number of hydrogen-bond acceptors (Lipinski definition) is 4. The van der Waals surface area contributed by atoms with Crippen LogP contribution in [-0.4, -0.2) is 41.9 Å². The molecule has 0 unspecified atom stereocenters. The molecule has 1 heterocycles. The van der Waals surface area contributed by atoms with Crippen LogP contribution in [0.3, 0.4) is 0 Å². The maximum atomic E-state index is 11.6. The minimum absolute atomic E-state index is 0.203. The zero-order chi connectivity index (χ0) is 12.2. The number of carbonyl (C=O) groups is 2. The van der Waals surface area contributed by atoms with Gasteiger partial charge in [0.1, 0.15) is 5.60 Å². The van der Waals surface area contributed by atoms with E-state index in [2.05, 4.69) is 0 Å². The predicted octanol–water partition coefficient (Wildman–Crippen LogP) is 1.38. The van der Waals surface area contributed by atoms with E-state index < -0.39 is 17.4 Å². The van der Waals surface area contributed by atoms with Gasteiger partial charge in [-0.2, -0.15) is 0 Å². The van der Waals surface area contributed by atoms with Crippen LogP contribution in [-0.2, 0) is 14.3 Å². The van der Waals surface area contributed by atoms with E-state index >= 15 is 0 Å². The van der Waals surface area contributed by atoms with Crippen molar-refractivity contribution >= 4 is 11.8 Å². The van der Waals surface area contributed by atoms with Crippen LogP contribution in [0, 0.1) is 0 Å². The molecular weight excluding hydrogens is 206 g/mol. The highest BCUT2D eigenvalue weighted by Crippen LogP contribution is 2.10. The fourth-order valence-corrected chi connectivity index (χ4v) is 1.72. The topological polar surface area (TPSA) is 46.6 Å². The summed E-state index contributed by atoms with van der Waals surface area (Å²) in [4.78, 5) is 25.0. The number of piperidine rings is 1. The molecule has 1 aliphatic rings. The van der Waals surface area contributed by atoms with Gasteiger partial charge in [0.25, 0.3) is 5.78 Å². The molecule has 92 valence electrons. The van der Waals surface area contributed by atoms with Gasteiger partial charge in [0.05, 0.1) is 6.54 Å². The fourth-order valence-electron chi connectivity index (χ4n) is 1.72. The molecule has 0 amide bonds. The first-order valence-corrected chi connectivity index (χ1v) is 5.87. The Bertz CT molecular complexity index is 262. The van der Waals surface area contributed by atoms with Gasteiger partial charge in [-0.25, -0.2) is 4.79 Å². The second-order valence-corrected chi connectivity index (χ2v) is 5.26. The largest absolute Gasteiger partial charge is 0.454 e. The molecule has 16 heavy (non-hydrogen) atoms. The molecule has 0 bridgehead atoms. The van der Waals surface area contributed by atoms with Gasteiger partial charge in [-0.15, -0.1) is 0 Å². The first kappa shape index (κ1) is 13.2. The van der Waals surface area contributed by atoms with Gasteiger partial charge in [-0.05, 0) is 46.7 Å². The Morgan fingerprint density at radius 1 is 1.12 bits per heavy atom. The normalized spacial score (nSPS) is 18.2. The highest BCUT2D eigenvalue weighted by molar-refractivity contribution is 6.34. The van der Waals surface area contributed by atoms with Gasteiger partial charge in [-0.3, -0.25) is 9.69 Å². The summed E-state index contributed by atoms with van der Waals surface area (Å²) in [6, 6.07) is 0. The van der Waals surface area contributed by atoms with Crippen LogP contribution >= 0.6 is 0 Å². The van der Waals surface area contributed by atoms with E-state index in [0.29, 0.717) is 0 Å². The SMILES string of the molecule is CC(C)(C)OC(=O)C(=O)CN1CCCCC1. The molecular formula is C12H21NO3. The van der Waals surface area contributed by atoms with E-state index in [1.165, 1.54) is 6.42 Å². The Morgan fingerprint density at radius 2 is 1.69 bits per heavy atom. The van der Waals surface area contributed by atoms with Crippen molar-refractivity contribution in [3.05, 3.63) is 0 Å². The number of ketones is 1. The standard InChI is InChI=1S/C12H21NO3/c1-12(2,3)16-11(15)10(14)9-13-7-5-4-6-8-13/h4-9H2,1-3H3. The zero-order valence-corrected chi connectivity index (χ0v) is 10.4. The summed E-state index contributed by atoms with van der Waals surface area (Å²) < 4.78 is 5.03. The van der Waals surface area contributed by atoms with Crippen molar-refractivity contribution in [3.8, 4) is 0 Å². The van der Waals surface area contributed by atoms with Gasteiger partial charge in [-0.1, -0.05) is 6.42 Å². The van der Waals surface area contributed by atoms with Gasteiger partial charge >= 0.3 is 5.97 Å². The van der Waals surface area contributed by atoms with Crippen LogP contribution < -0.4 is 0 Å². The monoisotopic (exact) mass is 227 g/mol. The average molecular weight is 227 g/mol. The van der Waals surface area contributed by atoms with Crippen molar-refractivity contribution in [3.63, 3.8) is 0 Å². The second kappa shape index (κ2) is 5.43. The lowest BCUT2D eigenvalue weighted by Gasteiger charge is -2.26.